The molecule has 0 fully saturated rings. The van der Waals surface area contributed by atoms with Gasteiger partial charge in [-0.05, 0) is 23.8 Å². The van der Waals surface area contributed by atoms with Crippen molar-refractivity contribution in [2.24, 2.45) is 0 Å². The van der Waals surface area contributed by atoms with Gasteiger partial charge in [0.2, 0.25) is 0 Å². The zero-order valence-corrected chi connectivity index (χ0v) is 17.0. The first-order chi connectivity index (χ1) is 15.8. The van der Waals surface area contributed by atoms with Crippen molar-refractivity contribution in [2.45, 2.75) is 13.0 Å². The van der Waals surface area contributed by atoms with E-state index < -0.39 is 0 Å². The molecule has 0 bridgehead atoms. The second kappa shape index (κ2) is 7.45. The van der Waals surface area contributed by atoms with Crippen molar-refractivity contribution in [3.05, 3.63) is 76.7 Å². The standard InChI is InChI=1S/C23H18N6O3/c30-22-20-17(29-23(26-25-20)24-21(27-29)16-5-2-1-3-6-16)9-10-28(22)14-15-7-8-18-19(13-15)32-12-4-11-31-18/h1-3,5-10,13H,4,11-12,14H2. The Hall–Kier alpha value is -4.27. The Kier molecular flexibility index (Phi) is 4.31. The molecule has 1 aliphatic rings. The van der Waals surface area contributed by atoms with Gasteiger partial charge in [-0.25, -0.2) is 0 Å². The molecule has 158 valence electrons. The zero-order valence-electron chi connectivity index (χ0n) is 17.0. The summed E-state index contributed by atoms with van der Waals surface area (Å²) in [7, 11) is 0. The van der Waals surface area contributed by atoms with Crippen LogP contribution in [0.3, 0.4) is 0 Å². The van der Waals surface area contributed by atoms with Crippen molar-refractivity contribution >= 4 is 16.8 Å². The van der Waals surface area contributed by atoms with E-state index in [1.165, 1.54) is 0 Å². The summed E-state index contributed by atoms with van der Waals surface area (Å²) in [6.45, 7) is 1.62. The minimum absolute atomic E-state index is 0.235. The van der Waals surface area contributed by atoms with Gasteiger partial charge in [-0.3, -0.25) is 4.79 Å². The first kappa shape index (κ1) is 18.5. The smallest absolute Gasteiger partial charge is 0.280 e. The summed E-state index contributed by atoms with van der Waals surface area (Å²) in [5.41, 5.74) is 2.34. The summed E-state index contributed by atoms with van der Waals surface area (Å²) in [5.74, 6) is 2.30. The van der Waals surface area contributed by atoms with Crippen LogP contribution in [0.5, 0.6) is 11.5 Å². The van der Waals surface area contributed by atoms with Crippen LogP contribution in [0.25, 0.3) is 28.2 Å². The molecule has 6 rings (SSSR count). The summed E-state index contributed by atoms with van der Waals surface area (Å²) < 4.78 is 14.6. The maximum atomic E-state index is 13.1. The Labute approximate surface area is 181 Å². The van der Waals surface area contributed by atoms with Gasteiger partial charge in [-0.15, -0.1) is 15.3 Å². The summed E-state index contributed by atoms with van der Waals surface area (Å²) in [5, 5.41) is 12.8. The van der Waals surface area contributed by atoms with E-state index in [4.69, 9.17) is 9.47 Å². The van der Waals surface area contributed by atoms with E-state index in [-0.39, 0.29) is 11.1 Å². The molecule has 0 spiro atoms. The predicted molar refractivity (Wildman–Crippen MR) is 117 cm³/mol. The van der Waals surface area contributed by atoms with Crippen molar-refractivity contribution in [1.29, 1.82) is 0 Å². The largest absolute Gasteiger partial charge is 0.490 e. The molecule has 4 heterocycles. The highest BCUT2D eigenvalue weighted by atomic mass is 16.5. The summed E-state index contributed by atoms with van der Waals surface area (Å²) >= 11 is 0. The number of fused-ring (bicyclic) bond motifs is 4. The minimum Gasteiger partial charge on any atom is -0.490 e. The molecule has 32 heavy (non-hydrogen) atoms. The number of hydrogen-bond acceptors (Lipinski definition) is 7. The normalized spacial score (nSPS) is 13.4. The molecule has 5 aromatic rings. The molecule has 0 saturated carbocycles. The van der Waals surface area contributed by atoms with E-state index >= 15 is 0 Å². The Bertz CT molecular complexity index is 1510. The maximum Gasteiger partial charge on any atom is 0.280 e. The van der Waals surface area contributed by atoms with Gasteiger partial charge in [0.05, 0.1) is 19.8 Å². The lowest BCUT2D eigenvalue weighted by Crippen LogP contribution is -2.22. The third-order valence-corrected chi connectivity index (χ3v) is 5.37. The Morgan fingerprint density at radius 1 is 0.938 bits per heavy atom. The van der Waals surface area contributed by atoms with Crippen LogP contribution < -0.4 is 15.0 Å². The number of aromatic nitrogens is 6. The van der Waals surface area contributed by atoms with Crippen LogP contribution in [0, 0.1) is 0 Å². The highest BCUT2D eigenvalue weighted by molar-refractivity contribution is 5.75. The molecule has 1 aliphatic heterocycles. The number of rotatable bonds is 3. The topological polar surface area (TPSA) is 96.4 Å². The molecular formula is C23H18N6O3. The van der Waals surface area contributed by atoms with Gasteiger partial charge >= 0.3 is 0 Å². The molecule has 0 saturated heterocycles. The quantitative estimate of drug-likeness (QED) is 0.438. The van der Waals surface area contributed by atoms with Gasteiger partial charge in [0.25, 0.3) is 11.3 Å². The lowest BCUT2D eigenvalue weighted by molar-refractivity contribution is 0.297. The average molecular weight is 426 g/mol. The van der Waals surface area contributed by atoms with Crippen LogP contribution in [0.15, 0.2) is 65.6 Å². The van der Waals surface area contributed by atoms with E-state index in [9.17, 15) is 4.79 Å². The minimum atomic E-state index is -0.249. The summed E-state index contributed by atoms with van der Waals surface area (Å²) in [6, 6.07) is 17.2. The molecule has 0 atom stereocenters. The van der Waals surface area contributed by atoms with Gasteiger partial charge in [-0.2, -0.15) is 9.50 Å². The molecule has 0 N–H and O–H groups in total. The molecule has 3 aromatic heterocycles. The summed E-state index contributed by atoms with van der Waals surface area (Å²) in [4.78, 5) is 17.6. The Morgan fingerprint density at radius 3 is 2.66 bits per heavy atom. The second-order valence-electron chi connectivity index (χ2n) is 7.53. The number of nitrogens with zero attached hydrogens (tertiary/aromatic N) is 6. The van der Waals surface area contributed by atoms with Crippen molar-refractivity contribution < 1.29 is 9.47 Å². The fraction of sp³-hybridized carbons (Fsp3) is 0.174. The maximum absolute atomic E-state index is 13.1. The van der Waals surface area contributed by atoms with E-state index in [0.29, 0.717) is 42.6 Å². The van der Waals surface area contributed by atoms with Gasteiger partial charge in [0.1, 0.15) is 5.52 Å². The zero-order chi connectivity index (χ0) is 21.5. The Morgan fingerprint density at radius 2 is 1.78 bits per heavy atom. The number of ether oxygens (including phenoxy) is 2. The molecule has 0 radical (unpaired) electrons. The van der Waals surface area contributed by atoms with Crippen LogP contribution >= 0.6 is 0 Å². The van der Waals surface area contributed by atoms with Crippen LogP contribution in [0.2, 0.25) is 0 Å². The van der Waals surface area contributed by atoms with E-state index in [2.05, 4.69) is 20.3 Å². The Balaban J connectivity index is 1.39. The molecule has 9 nitrogen and oxygen atoms in total. The highest BCUT2D eigenvalue weighted by Gasteiger charge is 2.15. The van der Waals surface area contributed by atoms with Crippen LogP contribution in [-0.2, 0) is 6.54 Å². The van der Waals surface area contributed by atoms with Crippen LogP contribution in [0.1, 0.15) is 12.0 Å². The fourth-order valence-corrected chi connectivity index (χ4v) is 3.78. The van der Waals surface area contributed by atoms with Crippen molar-refractivity contribution in [3.63, 3.8) is 0 Å². The summed E-state index contributed by atoms with van der Waals surface area (Å²) in [6.07, 6.45) is 2.58. The third-order valence-electron chi connectivity index (χ3n) is 5.37. The van der Waals surface area contributed by atoms with Crippen molar-refractivity contribution in [3.8, 4) is 22.9 Å². The van der Waals surface area contributed by atoms with E-state index in [1.54, 1.807) is 15.3 Å². The lowest BCUT2D eigenvalue weighted by atomic mass is 10.2. The van der Waals surface area contributed by atoms with E-state index in [1.807, 2.05) is 54.6 Å². The van der Waals surface area contributed by atoms with Gasteiger partial charge in [0.15, 0.2) is 22.8 Å². The lowest BCUT2D eigenvalue weighted by Gasteiger charge is -2.11. The molecule has 2 aromatic carbocycles. The average Bonchev–Trinajstić information content (AvgIpc) is 3.14. The van der Waals surface area contributed by atoms with Gasteiger partial charge in [0, 0.05) is 18.2 Å². The first-order valence-corrected chi connectivity index (χ1v) is 10.3. The monoisotopic (exact) mass is 426 g/mol. The van der Waals surface area contributed by atoms with Crippen LogP contribution in [0.4, 0.5) is 0 Å². The van der Waals surface area contributed by atoms with E-state index in [0.717, 1.165) is 23.3 Å². The fourth-order valence-electron chi connectivity index (χ4n) is 3.78. The number of hydrogen-bond donors (Lipinski definition) is 0. The molecular weight excluding hydrogens is 408 g/mol. The van der Waals surface area contributed by atoms with Crippen molar-refractivity contribution in [1.82, 2.24) is 29.4 Å². The molecule has 0 aliphatic carbocycles. The second-order valence-corrected chi connectivity index (χ2v) is 7.53. The predicted octanol–water partition coefficient (Wildman–Crippen LogP) is 2.71. The van der Waals surface area contributed by atoms with Gasteiger partial charge < -0.3 is 14.0 Å². The number of pyridine rings is 1. The molecule has 9 heteroatoms. The van der Waals surface area contributed by atoms with Crippen LogP contribution in [-0.4, -0.2) is 42.6 Å². The third kappa shape index (κ3) is 3.15. The SMILES string of the molecule is O=c1c2nnc3nc(-c4ccccc4)nn3c2ccn1Cc1ccc2c(c1)OCCCO2. The first-order valence-electron chi connectivity index (χ1n) is 10.3. The van der Waals surface area contributed by atoms with Crippen molar-refractivity contribution in [2.75, 3.05) is 13.2 Å². The highest BCUT2D eigenvalue weighted by Crippen LogP contribution is 2.30. The molecule has 0 amide bonds. The molecule has 0 unspecified atom stereocenters. The van der Waals surface area contributed by atoms with Gasteiger partial charge in [-0.1, -0.05) is 36.4 Å². The number of benzene rings is 2.